The minimum atomic E-state index is -0.407. The second kappa shape index (κ2) is 20.5. The summed E-state index contributed by atoms with van der Waals surface area (Å²) in [4.78, 5) is 39.7. The highest BCUT2D eigenvalue weighted by atomic mass is 35.5. The molecule has 0 bridgehead atoms. The molecule has 0 unspecified atom stereocenters. The maximum atomic E-state index is 12.2. The van der Waals surface area contributed by atoms with Crippen molar-refractivity contribution in [3.8, 4) is 57.4 Å². The van der Waals surface area contributed by atoms with Crippen LogP contribution < -0.4 is 11.1 Å². The Balaban J connectivity index is 0.000000216. The number of nitrogens with zero attached hydrogens (tertiary/aromatic N) is 6. The third-order valence-corrected chi connectivity index (χ3v) is 8.29. The number of aromatic nitrogens is 6. The van der Waals surface area contributed by atoms with Crippen LogP contribution in [0.25, 0.3) is 45.9 Å². The first-order chi connectivity index (χ1) is 27.6. The van der Waals surface area contributed by atoms with Gasteiger partial charge in [-0.25, -0.2) is 0 Å². The van der Waals surface area contributed by atoms with Gasteiger partial charge < -0.3 is 30.3 Å². The van der Waals surface area contributed by atoms with E-state index in [9.17, 15) is 19.8 Å². The van der Waals surface area contributed by atoms with Crippen LogP contribution in [0.5, 0.6) is 11.5 Å². The van der Waals surface area contributed by atoms with Crippen LogP contribution in [0.2, 0.25) is 0 Å². The summed E-state index contributed by atoms with van der Waals surface area (Å²) >= 11 is 5.16. The van der Waals surface area contributed by atoms with Crippen LogP contribution in [0.4, 0.5) is 11.4 Å². The zero-order valence-corrected chi connectivity index (χ0v) is 31.1. The first kappa shape index (κ1) is 44.0. The monoisotopic (exact) mass is 812 g/mol. The normalized spacial score (nSPS) is 10.0. The average molecular weight is 813 g/mol. The molecule has 14 nitrogen and oxygen atoms in total. The highest BCUT2D eigenvalue weighted by Gasteiger charge is 2.18. The number of amides is 1. The standard InChI is InChI=1S/C21H16N4O3.C14H12N4O2.C7H5ClO.2CH4/c1-13-6-5-11-22-18(13)19-24-21(28-25-19)16-10-9-15(12-17(16)26)23-20(27)14-7-3-2-4-8-14;1-8-3-2-6-16-12(8)13-17-14(20-18-13)10-5-4-9(15)7-11(10)19;8-7(9)6-4-2-1-3-5-6;;/h2-12,26H,1H3,(H,23,27);2-7,19H,15H2,1H3;1-5H;2*1H4. The molecule has 300 valence electrons. The molecular formula is C44H41ClN8O6. The van der Waals surface area contributed by atoms with Crippen molar-refractivity contribution in [2.75, 3.05) is 11.1 Å². The molecular weight excluding hydrogens is 772 g/mol. The van der Waals surface area contributed by atoms with Crippen LogP contribution in [0.1, 0.15) is 46.7 Å². The predicted molar refractivity (Wildman–Crippen MR) is 228 cm³/mol. The highest BCUT2D eigenvalue weighted by Crippen LogP contribution is 2.33. The summed E-state index contributed by atoms with van der Waals surface area (Å²) in [6.07, 6.45) is 3.32. The average Bonchev–Trinajstić information content (AvgIpc) is 3.91. The number of hydrogen-bond acceptors (Lipinski definition) is 13. The fourth-order valence-corrected chi connectivity index (χ4v) is 5.31. The maximum Gasteiger partial charge on any atom is 0.262 e. The van der Waals surface area contributed by atoms with Gasteiger partial charge in [-0.1, -0.05) is 85.8 Å². The number of nitrogens with two attached hydrogens (primary N) is 1. The van der Waals surface area contributed by atoms with Crippen LogP contribution in [0.3, 0.4) is 0 Å². The fourth-order valence-electron chi connectivity index (χ4n) is 5.18. The molecule has 0 saturated carbocycles. The molecule has 59 heavy (non-hydrogen) atoms. The summed E-state index contributed by atoms with van der Waals surface area (Å²) in [6, 6.07) is 34.5. The Morgan fingerprint density at radius 2 is 1.10 bits per heavy atom. The maximum absolute atomic E-state index is 12.2. The van der Waals surface area contributed by atoms with Gasteiger partial charge in [-0.15, -0.1) is 0 Å². The van der Waals surface area contributed by atoms with Crippen molar-refractivity contribution < 1.29 is 28.8 Å². The number of benzene rings is 4. The third-order valence-electron chi connectivity index (χ3n) is 8.07. The van der Waals surface area contributed by atoms with Gasteiger partial charge in [-0.3, -0.25) is 19.6 Å². The number of nitrogen functional groups attached to an aromatic ring is 1. The molecule has 0 atom stereocenters. The van der Waals surface area contributed by atoms with E-state index >= 15 is 0 Å². The van der Waals surface area contributed by atoms with E-state index in [1.54, 1.807) is 85.2 Å². The van der Waals surface area contributed by atoms with Gasteiger partial charge in [0, 0.05) is 47.0 Å². The number of aryl methyl sites for hydroxylation is 2. The zero-order valence-electron chi connectivity index (χ0n) is 30.4. The van der Waals surface area contributed by atoms with E-state index in [-0.39, 0.29) is 44.0 Å². The lowest BCUT2D eigenvalue weighted by molar-refractivity contribution is 0.102. The predicted octanol–water partition coefficient (Wildman–Crippen LogP) is 9.80. The minimum absolute atomic E-state index is 0. The van der Waals surface area contributed by atoms with Crippen LogP contribution >= 0.6 is 11.6 Å². The Hall–Kier alpha value is -7.71. The second-order valence-electron chi connectivity index (χ2n) is 12.2. The number of phenolic OH excluding ortho intramolecular Hbond substituents is 2. The van der Waals surface area contributed by atoms with Gasteiger partial charge in [0.05, 0.1) is 11.1 Å². The number of phenols is 2. The van der Waals surface area contributed by atoms with Crippen molar-refractivity contribution in [2.24, 2.45) is 0 Å². The molecule has 0 aliphatic carbocycles. The number of rotatable bonds is 7. The van der Waals surface area contributed by atoms with Gasteiger partial charge >= 0.3 is 0 Å². The van der Waals surface area contributed by atoms with Crippen molar-refractivity contribution in [1.29, 1.82) is 0 Å². The van der Waals surface area contributed by atoms with Gasteiger partial charge in [0.15, 0.2) is 0 Å². The number of nitrogens with one attached hydrogen (secondary N) is 1. The van der Waals surface area contributed by atoms with Gasteiger partial charge in [-0.05, 0) is 85.1 Å². The van der Waals surface area contributed by atoms with Gasteiger partial charge in [0.2, 0.25) is 11.6 Å². The quantitative estimate of drug-likeness (QED) is 0.0871. The summed E-state index contributed by atoms with van der Waals surface area (Å²) in [6.45, 7) is 3.82. The lowest BCUT2D eigenvalue weighted by atomic mass is 10.1. The SMILES string of the molecule is C.C.Cc1cccnc1-c1noc(-c2ccc(N)cc2O)n1.Cc1cccnc1-c1noc(-c2ccc(NC(=O)c3ccccc3)cc2O)n1.O=C(Cl)c1ccccc1. The Labute approximate surface area is 345 Å². The largest absolute Gasteiger partial charge is 0.507 e. The van der Waals surface area contributed by atoms with Crippen LogP contribution in [-0.4, -0.2) is 51.6 Å². The van der Waals surface area contributed by atoms with Crippen molar-refractivity contribution in [1.82, 2.24) is 30.2 Å². The second-order valence-corrected chi connectivity index (χ2v) is 12.5. The van der Waals surface area contributed by atoms with E-state index in [0.717, 1.165) is 11.1 Å². The molecule has 15 heteroatoms. The topological polar surface area (TPSA) is 216 Å². The van der Waals surface area contributed by atoms with Gasteiger partial charge in [0.25, 0.3) is 22.9 Å². The van der Waals surface area contributed by atoms with Crippen molar-refractivity contribution in [3.63, 3.8) is 0 Å². The van der Waals surface area contributed by atoms with Crippen LogP contribution in [-0.2, 0) is 0 Å². The number of pyridine rings is 2. The number of halogens is 1. The smallest absolute Gasteiger partial charge is 0.262 e. The summed E-state index contributed by atoms with van der Waals surface area (Å²) in [7, 11) is 0. The van der Waals surface area contributed by atoms with Crippen molar-refractivity contribution in [2.45, 2.75) is 28.7 Å². The van der Waals surface area contributed by atoms with Crippen molar-refractivity contribution in [3.05, 3.63) is 156 Å². The minimum Gasteiger partial charge on any atom is -0.507 e. The summed E-state index contributed by atoms with van der Waals surface area (Å²) in [5.74, 6) is 0.763. The van der Waals surface area contributed by atoms with Crippen molar-refractivity contribution >= 4 is 34.1 Å². The lowest BCUT2D eigenvalue weighted by Gasteiger charge is -2.07. The van der Waals surface area contributed by atoms with Crippen LogP contribution in [0.15, 0.2) is 143 Å². The highest BCUT2D eigenvalue weighted by molar-refractivity contribution is 6.67. The van der Waals surface area contributed by atoms with E-state index < -0.39 is 5.24 Å². The number of carbonyl (C=O) groups is 2. The molecule has 8 rings (SSSR count). The Kier molecular flexibility index (Phi) is 15.3. The van der Waals surface area contributed by atoms with Crippen LogP contribution in [0, 0.1) is 13.8 Å². The zero-order chi connectivity index (χ0) is 40.3. The van der Waals surface area contributed by atoms with E-state index in [0.29, 0.717) is 56.7 Å². The van der Waals surface area contributed by atoms with Gasteiger partial charge in [-0.2, -0.15) is 9.97 Å². The number of carbonyl (C=O) groups excluding carboxylic acids is 2. The number of aromatic hydroxyl groups is 2. The summed E-state index contributed by atoms with van der Waals surface area (Å²) < 4.78 is 10.5. The molecule has 0 spiro atoms. The molecule has 1 amide bonds. The summed E-state index contributed by atoms with van der Waals surface area (Å²) in [5, 5.41) is 30.4. The number of hydrogen-bond donors (Lipinski definition) is 4. The molecule has 0 fully saturated rings. The first-order valence-corrected chi connectivity index (χ1v) is 17.5. The lowest BCUT2D eigenvalue weighted by Crippen LogP contribution is -2.11. The Morgan fingerprint density at radius 3 is 1.54 bits per heavy atom. The Bertz CT molecular complexity index is 2630. The molecule has 4 heterocycles. The number of anilines is 2. The molecule has 0 aliphatic heterocycles. The molecule has 0 aliphatic rings. The van der Waals surface area contributed by atoms with E-state index in [4.69, 9.17) is 26.4 Å². The van der Waals surface area contributed by atoms with E-state index in [1.165, 1.54) is 12.1 Å². The first-order valence-electron chi connectivity index (χ1n) is 17.1. The molecule has 4 aromatic carbocycles. The molecule has 4 aromatic heterocycles. The molecule has 5 N–H and O–H groups in total. The molecule has 0 radical (unpaired) electrons. The third kappa shape index (κ3) is 11.2. The molecule has 0 saturated heterocycles. The Morgan fingerprint density at radius 1 is 0.627 bits per heavy atom. The summed E-state index contributed by atoms with van der Waals surface area (Å²) in [5.41, 5.74) is 11.5. The fraction of sp³-hybridized carbons (Fsp3) is 0.0909. The molecule has 8 aromatic rings. The van der Waals surface area contributed by atoms with E-state index in [2.05, 4.69) is 35.6 Å². The van der Waals surface area contributed by atoms with Gasteiger partial charge in [0.1, 0.15) is 22.9 Å². The van der Waals surface area contributed by atoms with E-state index in [1.807, 2.05) is 50.2 Å².